The maximum atomic E-state index is 12.6. The molecule has 130 valence electrons. The van der Waals surface area contributed by atoms with E-state index < -0.39 is 15.3 Å². The first-order valence-corrected chi connectivity index (χ1v) is 10.2. The van der Waals surface area contributed by atoms with Crippen molar-refractivity contribution in [2.45, 2.75) is 24.0 Å². The van der Waals surface area contributed by atoms with Crippen molar-refractivity contribution in [1.29, 1.82) is 0 Å². The first-order valence-electron chi connectivity index (χ1n) is 7.87. The van der Waals surface area contributed by atoms with E-state index in [0.29, 0.717) is 6.54 Å². The van der Waals surface area contributed by atoms with Gasteiger partial charge in [0.25, 0.3) is 10.0 Å². The van der Waals surface area contributed by atoms with E-state index >= 15 is 0 Å². The second-order valence-electron chi connectivity index (χ2n) is 5.65. The Morgan fingerprint density at radius 3 is 2.32 bits per heavy atom. The number of amidine groups is 1. The molecular formula is C18H18N2O3S2. The minimum absolute atomic E-state index is 0.123. The highest BCUT2D eigenvalue weighted by atomic mass is 32.2. The molecule has 2 aromatic carbocycles. The van der Waals surface area contributed by atoms with Crippen LogP contribution in [0.5, 0.6) is 0 Å². The van der Waals surface area contributed by atoms with E-state index in [9.17, 15) is 13.2 Å². The SMILES string of the molecule is CCN1C(=O)C(c2ccccc2)S/C1=N/S(=O)(=O)c1ccc(C)cc1. The molecule has 1 atom stereocenters. The first-order chi connectivity index (χ1) is 11.9. The summed E-state index contributed by atoms with van der Waals surface area (Å²) in [5, 5.41) is -0.241. The van der Waals surface area contributed by atoms with Gasteiger partial charge in [-0.15, -0.1) is 4.40 Å². The molecular weight excluding hydrogens is 356 g/mol. The Labute approximate surface area is 151 Å². The van der Waals surface area contributed by atoms with Gasteiger partial charge in [0.15, 0.2) is 5.17 Å². The molecule has 1 heterocycles. The Morgan fingerprint density at radius 2 is 1.72 bits per heavy atom. The van der Waals surface area contributed by atoms with Crippen LogP contribution in [0, 0.1) is 6.92 Å². The molecule has 1 amide bonds. The summed E-state index contributed by atoms with van der Waals surface area (Å²) in [5.74, 6) is -0.142. The van der Waals surface area contributed by atoms with Crippen molar-refractivity contribution < 1.29 is 13.2 Å². The van der Waals surface area contributed by atoms with Crippen LogP contribution in [0.2, 0.25) is 0 Å². The standard InChI is InChI=1S/C18H18N2O3S2/c1-3-20-17(21)16(14-7-5-4-6-8-14)24-18(20)19-25(22,23)15-11-9-13(2)10-12-15/h4-12,16H,3H2,1-2H3/b19-18+. The summed E-state index contributed by atoms with van der Waals surface area (Å²) >= 11 is 1.18. The van der Waals surface area contributed by atoms with Crippen LogP contribution in [-0.4, -0.2) is 30.9 Å². The van der Waals surface area contributed by atoms with E-state index in [4.69, 9.17) is 0 Å². The molecule has 25 heavy (non-hydrogen) atoms. The zero-order valence-electron chi connectivity index (χ0n) is 13.9. The predicted octanol–water partition coefficient (Wildman–Crippen LogP) is 3.38. The number of nitrogens with zero attached hydrogens (tertiary/aromatic N) is 2. The highest BCUT2D eigenvalue weighted by Gasteiger charge is 2.39. The minimum atomic E-state index is -3.86. The van der Waals surface area contributed by atoms with E-state index in [1.807, 2.05) is 37.3 Å². The number of hydrogen-bond donors (Lipinski definition) is 0. The Hall–Kier alpha value is -2.12. The smallest absolute Gasteiger partial charge is 0.284 e. The summed E-state index contributed by atoms with van der Waals surface area (Å²) in [5.41, 5.74) is 1.81. The van der Waals surface area contributed by atoms with Crippen LogP contribution in [0.15, 0.2) is 63.9 Å². The number of benzene rings is 2. The predicted molar refractivity (Wildman–Crippen MR) is 100.0 cm³/mol. The van der Waals surface area contributed by atoms with Crippen molar-refractivity contribution in [3.8, 4) is 0 Å². The number of hydrogen-bond acceptors (Lipinski definition) is 4. The Kier molecular flexibility index (Phi) is 4.96. The molecule has 1 saturated heterocycles. The van der Waals surface area contributed by atoms with Gasteiger partial charge in [-0.3, -0.25) is 9.69 Å². The van der Waals surface area contributed by atoms with Crippen LogP contribution < -0.4 is 0 Å². The third kappa shape index (κ3) is 3.62. The lowest BCUT2D eigenvalue weighted by molar-refractivity contribution is -0.126. The molecule has 3 rings (SSSR count). The fraction of sp³-hybridized carbons (Fsp3) is 0.222. The third-order valence-corrected chi connectivity index (χ3v) is 6.51. The van der Waals surface area contributed by atoms with Gasteiger partial charge in [0, 0.05) is 6.54 Å². The molecule has 0 aromatic heterocycles. The van der Waals surface area contributed by atoms with Crippen LogP contribution in [0.4, 0.5) is 0 Å². The molecule has 0 bridgehead atoms. The fourth-order valence-electron chi connectivity index (χ4n) is 2.52. The largest absolute Gasteiger partial charge is 0.290 e. The van der Waals surface area contributed by atoms with Gasteiger partial charge < -0.3 is 0 Å². The number of rotatable bonds is 4. The lowest BCUT2D eigenvalue weighted by atomic mass is 10.1. The number of carbonyl (C=O) groups is 1. The van der Waals surface area contributed by atoms with Crippen molar-refractivity contribution in [3.63, 3.8) is 0 Å². The second kappa shape index (κ2) is 7.01. The van der Waals surface area contributed by atoms with Crippen molar-refractivity contribution in [1.82, 2.24) is 4.90 Å². The van der Waals surface area contributed by atoms with Crippen LogP contribution in [0.25, 0.3) is 0 Å². The quantitative estimate of drug-likeness (QED) is 0.823. The molecule has 1 unspecified atom stereocenters. The molecule has 1 aliphatic heterocycles. The van der Waals surface area contributed by atoms with Gasteiger partial charge in [-0.25, -0.2) is 0 Å². The van der Waals surface area contributed by atoms with E-state index in [1.54, 1.807) is 19.1 Å². The van der Waals surface area contributed by atoms with Crippen LogP contribution in [0.3, 0.4) is 0 Å². The number of likely N-dealkylation sites (N-methyl/N-ethyl adjacent to an activating group) is 1. The summed E-state index contributed by atoms with van der Waals surface area (Å²) in [6, 6.07) is 15.8. The first kappa shape index (κ1) is 17.7. The average molecular weight is 374 g/mol. The van der Waals surface area contributed by atoms with Gasteiger partial charge in [0.1, 0.15) is 5.25 Å². The Morgan fingerprint density at radius 1 is 1.08 bits per heavy atom. The normalized spacial score (nSPS) is 19.6. The summed E-state index contributed by atoms with van der Waals surface area (Å²) in [6.07, 6.45) is 0. The lowest BCUT2D eigenvalue weighted by Crippen LogP contribution is -2.30. The second-order valence-corrected chi connectivity index (χ2v) is 8.33. The number of thioether (sulfide) groups is 1. The summed E-state index contributed by atoms with van der Waals surface area (Å²) in [6.45, 7) is 4.06. The topological polar surface area (TPSA) is 66.8 Å². The van der Waals surface area contributed by atoms with Gasteiger partial charge in [-0.05, 0) is 31.5 Å². The highest BCUT2D eigenvalue weighted by molar-refractivity contribution is 8.15. The summed E-state index contributed by atoms with van der Waals surface area (Å²) < 4.78 is 29.1. The molecule has 0 N–H and O–H groups in total. The van der Waals surface area contributed by atoms with Crippen molar-refractivity contribution in [2.75, 3.05) is 6.54 Å². The van der Waals surface area contributed by atoms with Gasteiger partial charge in [0.05, 0.1) is 4.90 Å². The van der Waals surface area contributed by atoms with E-state index in [-0.39, 0.29) is 16.0 Å². The molecule has 2 aromatic rings. The molecule has 0 aliphatic carbocycles. The van der Waals surface area contributed by atoms with Crippen molar-refractivity contribution in [2.24, 2.45) is 4.40 Å². The van der Waals surface area contributed by atoms with Crippen molar-refractivity contribution >= 4 is 32.9 Å². The molecule has 1 fully saturated rings. The number of sulfonamides is 1. The van der Waals surface area contributed by atoms with Crippen LogP contribution in [0.1, 0.15) is 23.3 Å². The highest BCUT2D eigenvalue weighted by Crippen LogP contribution is 2.39. The van der Waals surface area contributed by atoms with Crippen LogP contribution in [-0.2, 0) is 14.8 Å². The van der Waals surface area contributed by atoms with E-state index in [1.165, 1.54) is 28.8 Å². The molecule has 0 radical (unpaired) electrons. The molecule has 0 saturated carbocycles. The molecule has 7 heteroatoms. The van der Waals surface area contributed by atoms with Gasteiger partial charge in [-0.1, -0.05) is 59.8 Å². The van der Waals surface area contributed by atoms with Crippen LogP contribution >= 0.6 is 11.8 Å². The fourth-order valence-corrected chi connectivity index (χ4v) is 4.96. The number of aryl methyl sites for hydroxylation is 1. The summed E-state index contributed by atoms with van der Waals surface area (Å²) in [4.78, 5) is 14.2. The van der Waals surface area contributed by atoms with Crippen molar-refractivity contribution in [3.05, 3.63) is 65.7 Å². The molecule has 1 aliphatic rings. The monoisotopic (exact) mass is 374 g/mol. The minimum Gasteiger partial charge on any atom is -0.290 e. The van der Waals surface area contributed by atoms with Gasteiger partial charge >= 0.3 is 0 Å². The maximum absolute atomic E-state index is 12.6. The third-order valence-electron chi connectivity index (χ3n) is 3.88. The lowest BCUT2D eigenvalue weighted by Gasteiger charge is -2.13. The molecule has 5 nitrogen and oxygen atoms in total. The number of amides is 1. The summed E-state index contributed by atoms with van der Waals surface area (Å²) in [7, 11) is -3.86. The maximum Gasteiger partial charge on any atom is 0.284 e. The van der Waals surface area contributed by atoms with E-state index in [0.717, 1.165) is 11.1 Å². The number of carbonyl (C=O) groups excluding carboxylic acids is 1. The zero-order chi connectivity index (χ0) is 18.0. The Bertz CT molecular complexity index is 907. The van der Waals surface area contributed by atoms with E-state index in [2.05, 4.69) is 4.40 Å². The zero-order valence-corrected chi connectivity index (χ0v) is 15.5. The molecule has 0 spiro atoms. The van der Waals surface area contributed by atoms with Gasteiger partial charge in [0.2, 0.25) is 5.91 Å². The average Bonchev–Trinajstić information content (AvgIpc) is 2.91. The Balaban J connectivity index is 1.96. The van der Waals surface area contributed by atoms with Gasteiger partial charge in [-0.2, -0.15) is 8.42 Å².